The Hall–Kier alpha value is -3.76. The first-order chi connectivity index (χ1) is 21.6. The summed E-state index contributed by atoms with van der Waals surface area (Å²) in [6.45, 7) is 6.81. The number of carbonyl (C=O) groups is 3. The monoisotopic (exact) mass is 625 g/mol. The first kappa shape index (κ1) is 32.6. The highest BCUT2D eigenvalue weighted by molar-refractivity contribution is 5.91. The van der Waals surface area contributed by atoms with Crippen molar-refractivity contribution in [1.29, 1.82) is 0 Å². The highest BCUT2D eigenvalue weighted by atomic mass is 16.6. The molecule has 1 saturated heterocycles. The van der Waals surface area contributed by atoms with E-state index in [1.165, 1.54) is 12.0 Å². The van der Waals surface area contributed by atoms with Crippen LogP contribution in [-0.4, -0.2) is 80.0 Å². The summed E-state index contributed by atoms with van der Waals surface area (Å²) in [6.07, 6.45) is 6.17. The zero-order valence-electron chi connectivity index (χ0n) is 27.2. The van der Waals surface area contributed by atoms with Crippen molar-refractivity contribution in [2.24, 2.45) is 11.3 Å². The predicted molar refractivity (Wildman–Crippen MR) is 168 cm³/mol. The third-order valence-electron chi connectivity index (χ3n) is 9.31. The molecule has 4 bridgehead atoms. The van der Waals surface area contributed by atoms with Crippen LogP contribution in [0.2, 0.25) is 0 Å². The largest absolute Gasteiger partial charge is 0.496 e. The fourth-order valence-electron chi connectivity index (χ4n) is 6.90. The maximum Gasteiger partial charge on any atom is 0.407 e. The number of aromatic nitrogens is 1. The molecule has 2 aromatic rings. The normalized spacial score (nSPS) is 24.6. The highest BCUT2D eigenvalue weighted by Crippen LogP contribution is 2.37. The fraction of sp³-hybridized carbons (Fsp3) is 0.647. The van der Waals surface area contributed by atoms with Crippen molar-refractivity contribution in [3.8, 4) is 17.4 Å². The third kappa shape index (κ3) is 7.56. The molecule has 1 saturated carbocycles. The molecule has 1 N–H and O–H groups in total. The molecule has 0 unspecified atom stereocenters. The quantitative estimate of drug-likeness (QED) is 0.446. The molecule has 2 fully saturated rings. The lowest BCUT2D eigenvalue weighted by Crippen LogP contribution is -2.55. The average Bonchev–Trinajstić information content (AvgIpc) is 3.45. The topological polar surface area (TPSA) is 126 Å². The van der Waals surface area contributed by atoms with Gasteiger partial charge in [-0.2, -0.15) is 0 Å². The van der Waals surface area contributed by atoms with Gasteiger partial charge < -0.3 is 33.9 Å². The number of alkyl carbamates (subject to hydrolysis) is 1. The van der Waals surface area contributed by atoms with Crippen LogP contribution >= 0.6 is 0 Å². The van der Waals surface area contributed by atoms with Gasteiger partial charge in [0.25, 0.3) is 0 Å². The van der Waals surface area contributed by atoms with Gasteiger partial charge in [0.05, 0.1) is 39.5 Å². The number of benzene rings is 1. The first-order valence-corrected chi connectivity index (χ1v) is 16.2. The number of methoxy groups -OCH3 is 2. The van der Waals surface area contributed by atoms with Crippen LogP contribution < -0.4 is 19.5 Å². The maximum atomic E-state index is 14.3. The van der Waals surface area contributed by atoms with Crippen LogP contribution in [0.5, 0.6) is 17.4 Å². The average molecular weight is 626 g/mol. The second kappa shape index (κ2) is 14.1. The number of aryl methyl sites for hydroxylation is 1. The molecule has 3 aliphatic rings. The van der Waals surface area contributed by atoms with Crippen molar-refractivity contribution < 1.29 is 38.1 Å². The number of nitrogens with zero attached hydrogens (tertiary/aromatic N) is 2. The van der Waals surface area contributed by atoms with Gasteiger partial charge in [-0.3, -0.25) is 4.79 Å². The Labute approximate surface area is 265 Å². The Morgan fingerprint density at radius 2 is 1.89 bits per heavy atom. The smallest absolute Gasteiger partial charge is 0.407 e. The molecule has 0 spiro atoms. The highest BCUT2D eigenvalue weighted by Gasteiger charge is 2.46. The molecule has 2 amide bonds. The number of pyridine rings is 1. The molecule has 5 rings (SSSR count). The van der Waals surface area contributed by atoms with Gasteiger partial charge in [-0.1, -0.05) is 33.1 Å². The Bertz CT molecular complexity index is 1390. The molecular weight excluding hydrogens is 578 g/mol. The first-order valence-electron chi connectivity index (χ1n) is 16.2. The van der Waals surface area contributed by atoms with E-state index in [9.17, 15) is 14.4 Å². The van der Waals surface area contributed by atoms with Gasteiger partial charge in [-0.25, -0.2) is 14.6 Å². The number of cyclic esters (lactones) is 1. The molecule has 3 atom stereocenters. The van der Waals surface area contributed by atoms with Crippen molar-refractivity contribution in [1.82, 2.24) is 15.2 Å². The van der Waals surface area contributed by atoms with E-state index in [-0.39, 0.29) is 36.8 Å². The fourth-order valence-corrected chi connectivity index (χ4v) is 6.90. The summed E-state index contributed by atoms with van der Waals surface area (Å²) in [4.78, 5) is 46.7. The Kier molecular flexibility index (Phi) is 10.2. The molecule has 3 heterocycles. The lowest BCUT2D eigenvalue weighted by atomic mass is 9.83. The molecule has 1 aromatic heterocycles. The van der Waals surface area contributed by atoms with Gasteiger partial charge >= 0.3 is 12.1 Å². The number of amides is 2. The minimum Gasteiger partial charge on any atom is -0.496 e. The van der Waals surface area contributed by atoms with Gasteiger partial charge in [0.1, 0.15) is 29.7 Å². The van der Waals surface area contributed by atoms with E-state index < -0.39 is 30.3 Å². The van der Waals surface area contributed by atoms with Crippen LogP contribution in [0, 0.1) is 11.3 Å². The third-order valence-corrected chi connectivity index (χ3v) is 9.31. The van der Waals surface area contributed by atoms with Crippen molar-refractivity contribution >= 4 is 28.9 Å². The molecule has 1 aliphatic carbocycles. The molecule has 1 aromatic carbocycles. The number of carbonyl (C=O) groups excluding carboxylic acids is 3. The predicted octanol–water partition coefficient (Wildman–Crippen LogP) is 5.20. The van der Waals surface area contributed by atoms with E-state index in [0.29, 0.717) is 23.8 Å². The number of nitrogens with one attached hydrogen (secondary N) is 1. The summed E-state index contributed by atoms with van der Waals surface area (Å²) in [5.74, 6) is 0.795. The van der Waals surface area contributed by atoms with Crippen LogP contribution in [0.4, 0.5) is 4.79 Å². The van der Waals surface area contributed by atoms with Gasteiger partial charge in [-0.15, -0.1) is 0 Å². The number of rotatable bonds is 5. The second-order valence-corrected chi connectivity index (χ2v) is 13.2. The zero-order chi connectivity index (χ0) is 32.1. The number of esters is 1. The zero-order valence-corrected chi connectivity index (χ0v) is 27.2. The van der Waals surface area contributed by atoms with Crippen LogP contribution in [0.1, 0.15) is 77.7 Å². The minimum absolute atomic E-state index is 0.0537. The molecule has 0 radical (unpaired) electrons. The SMILES string of the molecule is CCOc1cc2c3cc(c(OC)cc3n1)CCCC(C)(C)COC(=O)N[C@@H](C1CCCCC1)C(=O)N1C[C@@H](C[C@H]1C(=O)OC)O2. The molecule has 11 heteroatoms. The maximum absolute atomic E-state index is 14.3. The Morgan fingerprint density at radius 1 is 1.11 bits per heavy atom. The van der Waals surface area contributed by atoms with E-state index >= 15 is 0 Å². The minimum atomic E-state index is -0.854. The van der Waals surface area contributed by atoms with Crippen LogP contribution in [0.25, 0.3) is 10.9 Å². The van der Waals surface area contributed by atoms with E-state index in [1.807, 2.05) is 19.1 Å². The molecular formula is C34H47N3O8. The number of hydrogen-bond acceptors (Lipinski definition) is 9. The van der Waals surface area contributed by atoms with E-state index in [1.54, 1.807) is 13.2 Å². The Morgan fingerprint density at radius 3 is 2.60 bits per heavy atom. The van der Waals surface area contributed by atoms with Crippen LogP contribution in [0.15, 0.2) is 18.2 Å². The standard InChI is InChI=1S/C34H47N3O8/c1-6-43-29-18-28-24-15-22(27(41-4)17-25(24)35-29)13-10-14-34(2,3)20-44-33(40)36-30(21-11-8-7-9-12-21)31(38)37-19-23(45-28)16-26(37)32(39)42-5/h15,17-18,21,23,26,30H,6-14,16,19-20H2,1-5H3,(H,36,40)/t23-,26+,30+/m1/s1. The molecule has 11 nitrogen and oxygen atoms in total. The van der Waals surface area contributed by atoms with Crippen LogP contribution in [-0.2, 0) is 25.5 Å². The summed E-state index contributed by atoms with van der Waals surface area (Å²) < 4.78 is 29.0. The van der Waals surface area contributed by atoms with Crippen molar-refractivity contribution in [2.75, 3.05) is 34.0 Å². The lowest BCUT2D eigenvalue weighted by molar-refractivity contribution is -0.152. The van der Waals surface area contributed by atoms with Crippen molar-refractivity contribution in [2.45, 2.75) is 96.7 Å². The van der Waals surface area contributed by atoms with Gasteiger partial charge in [0, 0.05) is 23.9 Å². The van der Waals surface area contributed by atoms with E-state index in [0.717, 1.165) is 68.1 Å². The van der Waals surface area contributed by atoms with Gasteiger partial charge in [0.2, 0.25) is 11.8 Å². The molecule has 246 valence electrons. The van der Waals surface area contributed by atoms with Crippen LogP contribution in [0.3, 0.4) is 0 Å². The summed E-state index contributed by atoms with van der Waals surface area (Å²) in [6, 6.07) is 4.04. The van der Waals surface area contributed by atoms with Crippen molar-refractivity contribution in [3.05, 3.63) is 23.8 Å². The molecule has 2 aliphatic heterocycles. The number of ether oxygens (including phenoxy) is 5. The summed E-state index contributed by atoms with van der Waals surface area (Å²) in [5, 5.41) is 3.71. The molecule has 45 heavy (non-hydrogen) atoms. The van der Waals surface area contributed by atoms with E-state index in [2.05, 4.69) is 19.2 Å². The lowest BCUT2D eigenvalue weighted by Gasteiger charge is -2.34. The van der Waals surface area contributed by atoms with E-state index in [4.69, 9.17) is 28.7 Å². The number of fused-ring (bicyclic) bond motifs is 3. The van der Waals surface area contributed by atoms with Gasteiger partial charge in [0.15, 0.2) is 0 Å². The Balaban J connectivity index is 1.57. The summed E-state index contributed by atoms with van der Waals surface area (Å²) in [7, 11) is 2.96. The summed E-state index contributed by atoms with van der Waals surface area (Å²) in [5.41, 5.74) is 1.37. The van der Waals surface area contributed by atoms with Crippen molar-refractivity contribution in [3.63, 3.8) is 0 Å². The second-order valence-electron chi connectivity index (χ2n) is 13.2. The number of hydrogen-bond donors (Lipinski definition) is 1. The summed E-state index contributed by atoms with van der Waals surface area (Å²) >= 11 is 0. The van der Waals surface area contributed by atoms with Gasteiger partial charge in [-0.05, 0) is 62.0 Å².